The Morgan fingerprint density at radius 1 is 1.60 bits per heavy atom. The van der Waals surface area contributed by atoms with Crippen LogP contribution in [-0.4, -0.2) is 46.0 Å². The number of carboxylic acid groups (broad SMARTS) is 1. The summed E-state index contributed by atoms with van der Waals surface area (Å²) in [4.78, 5) is 30.4. The summed E-state index contributed by atoms with van der Waals surface area (Å²) in [6.45, 7) is 7.11. The maximum absolute atomic E-state index is 11.9. The van der Waals surface area contributed by atoms with Crippen LogP contribution in [-0.2, 0) is 9.59 Å². The van der Waals surface area contributed by atoms with E-state index in [1.807, 2.05) is 25.7 Å². The Balaban J connectivity index is 2.25. The zero-order valence-electron chi connectivity index (χ0n) is 11.8. The van der Waals surface area contributed by atoms with Gasteiger partial charge in [0.1, 0.15) is 6.04 Å². The third kappa shape index (κ3) is 2.99. The van der Waals surface area contributed by atoms with Crippen molar-refractivity contribution < 1.29 is 14.7 Å². The molecule has 110 valence electrons. The number of carbonyl (C=O) groups excluding carboxylic acids is 1. The number of amides is 1. The van der Waals surface area contributed by atoms with Gasteiger partial charge in [0.25, 0.3) is 0 Å². The Morgan fingerprint density at radius 2 is 2.30 bits per heavy atom. The summed E-state index contributed by atoms with van der Waals surface area (Å²) >= 11 is 1.61. The summed E-state index contributed by atoms with van der Waals surface area (Å²) in [5, 5.41) is 12.7. The van der Waals surface area contributed by atoms with E-state index in [0.29, 0.717) is 13.1 Å². The minimum atomic E-state index is -0.957. The maximum Gasteiger partial charge on any atom is 0.305 e. The summed E-state index contributed by atoms with van der Waals surface area (Å²) in [5.41, 5.74) is 0.958. The van der Waals surface area contributed by atoms with Crippen molar-refractivity contribution in [2.24, 2.45) is 0 Å². The molecule has 0 spiro atoms. The van der Waals surface area contributed by atoms with Gasteiger partial charge in [-0.1, -0.05) is 0 Å². The van der Waals surface area contributed by atoms with Crippen LogP contribution in [0.15, 0.2) is 0 Å². The first kappa shape index (κ1) is 14.9. The second-order valence-electron chi connectivity index (χ2n) is 5.00. The molecule has 0 aromatic carbocycles. The molecule has 1 amide bonds. The van der Waals surface area contributed by atoms with Gasteiger partial charge in [0.2, 0.25) is 5.91 Å². The highest BCUT2D eigenvalue weighted by atomic mass is 32.1. The Kier molecular flexibility index (Phi) is 4.39. The molecule has 2 unspecified atom stereocenters. The summed E-state index contributed by atoms with van der Waals surface area (Å²) in [7, 11) is 0. The molecular formula is C13H19N3O3S. The van der Waals surface area contributed by atoms with Gasteiger partial charge in [0, 0.05) is 24.0 Å². The number of carbonyl (C=O) groups is 2. The van der Waals surface area contributed by atoms with Crippen molar-refractivity contribution in [3.63, 3.8) is 0 Å². The van der Waals surface area contributed by atoms with Crippen LogP contribution >= 0.6 is 11.3 Å². The van der Waals surface area contributed by atoms with Gasteiger partial charge >= 0.3 is 5.97 Å². The van der Waals surface area contributed by atoms with Crippen molar-refractivity contribution in [1.29, 1.82) is 0 Å². The van der Waals surface area contributed by atoms with Crippen LogP contribution in [0.1, 0.15) is 35.0 Å². The van der Waals surface area contributed by atoms with Crippen molar-refractivity contribution in [3.05, 3.63) is 15.6 Å². The fourth-order valence-corrected chi connectivity index (χ4v) is 3.66. The first-order valence-electron chi connectivity index (χ1n) is 6.59. The van der Waals surface area contributed by atoms with E-state index in [-0.39, 0.29) is 18.4 Å². The fourth-order valence-electron chi connectivity index (χ4n) is 2.66. The van der Waals surface area contributed by atoms with Gasteiger partial charge in [-0.15, -0.1) is 11.3 Å². The standard InChI is InChI=1S/C13H19N3O3S/c1-7-12(20-9(3)15-7)8(2)16-5-4-14-13(19)10(16)6-11(17)18/h8,10H,4-6H2,1-3H3,(H,14,19)(H,17,18). The number of hydrogen-bond donors (Lipinski definition) is 2. The highest BCUT2D eigenvalue weighted by molar-refractivity contribution is 7.11. The number of piperazine rings is 1. The molecule has 6 nitrogen and oxygen atoms in total. The number of rotatable bonds is 4. The average molecular weight is 297 g/mol. The minimum Gasteiger partial charge on any atom is -0.481 e. The lowest BCUT2D eigenvalue weighted by Gasteiger charge is -2.38. The van der Waals surface area contributed by atoms with E-state index >= 15 is 0 Å². The van der Waals surface area contributed by atoms with Crippen LogP contribution in [0.3, 0.4) is 0 Å². The Bertz CT molecular complexity index is 529. The van der Waals surface area contributed by atoms with Crippen LogP contribution in [0.2, 0.25) is 0 Å². The van der Waals surface area contributed by atoms with Crippen molar-refractivity contribution in [1.82, 2.24) is 15.2 Å². The smallest absolute Gasteiger partial charge is 0.305 e. The van der Waals surface area contributed by atoms with Gasteiger partial charge < -0.3 is 10.4 Å². The van der Waals surface area contributed by atoms with Gasteiger partial charge in [0.15, 0.2) is 0 Å². The third-order valence-electron chi connectivity index (χ3n) is 3.56. The second-order valence-corrected chi connectivity index (χ2v) is 6.24. The molecule has 1 saturated heterocycles. The van der Waals surface area contributed by atoms with E-state index in [4.69, 9.17) is 5.11 Å². The zero-order valence-corrected chi connectivity index (χ0v) is 12.7. The zero-order chi connectivity index (χ0) is 14.9. The van der Waals surface area contributed by atoms with E-state index in [1.165, 1.54) is 0 Å². The molecule has 2 heterocycles. The maximum atomic E-state index is 11.9. The van der Waals surface area contributed by atoms with Gasteiger partial charge in [-0.05, 0) is 20.8 Å². The normalized spacial score (nSPS) is 21.6. The Morgan fingerprint density at radius 3 is 2.85 bits per heavy atom. The topological polar surface area (TPSA) is 82.5 Å². The predicted molar refractivity (Wildman–Crippen MR) is 75.8 cm³/mol. The number of aromatic nitrogens is 1. The number of hydrogen-bond acceptors (Lipinski definition) is 5. The molecule has 1 aliphatic rings. The molecule has 20 heavy (non-hydrogen) atoms. The van der Waals surface area contributed by atoms with Crippen LogP contribution in [0.25, 0.3) is 0 Å². The quantitative estimate of drug-likeness (QED) is 0.869. The van der Waals surface area contributed by atoms with Gasteiger partial charge in [0.05, 0.1) is 17.1 Å². The lowest BCUT2D eigenvalue weighted by Crippen LogP contribution is -2.56. The molecular weight excluding hydrogens is 278 g/mol. The lowest BCUT2D eigenvalue weighted by molar-refractivity contribution is -0.143. The molecule has 1 aromatic rings. The fraction of sp³-hybridized carbons (Fsp3) is 0.615. The highest BCUT2D eigenvalue weighted by Gasteiger charge is 2.35. The summed E-state index contributed by atoms with van der Waals surface area (Å²) in [6, 6.07) is -0.616. The summed E-state index contributed by atoms with van der Waals surface area (Å²) in [5.74, 6) is -1.16. The van der Waals surface area contributed by atoms with Gasteiger partial charge in [-0.3, -0.25) is 14.5 Å². The van der Waals surface area contributed by atoms with Crippen LogP contribution in [0.4, 0.5) is 0 Å². The summed E-state index contributed by atoms with van der Waals surface area (Å²) in [6.07, 6.45) is -0.174. The van der Waals surface area contributed by atoms with E-state index in [0.717, 1.165) is 15.6 Å². The number of nitrogens with one attached hydrogen (secondary N) is 1. The van der Waals surface area contributed by atoms with Crippen molar-refractivity contribution in [3.8, 4) is 0 Å². The van der Waals surface area contributed by atoms with E-state index in [9.17, 15) is 9.59 Å². The molecule has 2 rings (SSSR count). The van der Waals surface area contributed by atoms with Crippen molar-refractivity contribution in [2.45, 2.75) is 39.3 Å². The second kappa shape index (κ2) is 5.88. The molecule has 0 aliphatic carbocycles. The average Bonchev–Trinajstić information content (AvgIpc) is 2.70. The molecule has 7 heteroatoms. The first-order chi connectivity index (χ1) is 9.40. The molecule has 2 atom stereocenters. The molecule has 1 aliphatic heterocycles. The minimum absolute atomic E-state index is 0.00315. The lowest BCUT2D eigenvalue weighted by atomic mass is 10.0. The van der Waals surface area contributed by atoms with E-state index in [1.54, 1.807) is 11.3 Å². The predicted octanol–water partition coefficient (Wildman–Crippen LogP) is 1.10. The molecule has 0 bridgehead atoms. The first-order valence-corrected chi connectivity index (χ1v) is 7.41. The van der Waals surface area contributed by atoms with Crippen LogP contribution < -0.4 is 5.32 Å². The molecule has 0 saturated carbocycles. The van der Waals surface area contributed by atoms with Crippen molar-refractivity contribution >= 4 is 23.2 Å². The SMILES string of the molecule is Cc1nc(C)c(C(C)N2CCNC(=O)C2CC(=O)O)s1. The Labute approximate surface area is 121 Å². The van der Waals surface area contributed by atoms with Crippen molar-refractivity contribution in [2.75, 3.05) is 13.1 Å². The highest BCUT2D eigenvalue weighted by Crippen LogP contribution is 2.31. The number of nitrogens with zero attached hydrogens (tertiary/aromatic N) is 2. The van der Waals surface area contributed by atoms with Gasteiger partial charge in [-0.25, -0.2) is 4.98 Å². The van der Waals surface area contributed by atoms with Crippen LogP contribution in [0.5, 0.6) is 0 Å². The number of aryl methyl sites for hydroxylation is 2. The third-order valence-corrected chi connectivity index (χ3v) is 4.80. The van der Waals surface area contributed by atoms with E-state index < -0.39 is 12.0 Å². The Hall–Kier alpha value is -1.47. The molecule has 1 aromatic heterocycles. The molecule has 0 radical (unpaired) electrons. The van der Waals surface area contributed by atoms with Crippen LogP contribution in [0, 0.1) is 13.8 Å². The number of thiazole rings is 1. The molecule has 1 fully saturated rings. The summed E-state index contributed by atoms with van der Waals surface area (Å²) < 4.78 is 0. The molecule has 2 N–H and O–H groups in total. The number of aliphatic carboxylic acids is 1. The van der Waals surface area contributed by atoms with E-state index in [2.05, 4.69) is 10.3 Å². The number of carboxylic acids is 1. The monoisotopic (exact) mass is 297 g/mol. The van der Waals surface area contributed by atoms with Gasteiger partial charge in [-0.2, -0.15) is 0 Å². The largest absolute Gasteiger partial charge is 0.481 e.